The molecular formula is C18H23N5O2. The number of carbonyl (C=O) groups excluding carboxylic acids is 2. The molecule has 2 aliphatic heterocycles. The Balaban J connectivity index is 1.54. The van der Waals surface area contributed by atoms with Crippen LogP contribution in [0.5, 0.6) is 0 Å². The van der Waals surface area contributed by atoms with E-state index >= 15 is 0 Å². The zero-order valence-electron chi connectivity index (χ0n) is 14.8. The molecule has 1 aromatic carbocycles. The molecule has 132 valence electrons. The number of amides is 3. The molecule has 0 radical (unpaired) electrons. The predicted molar refractivity (Wildman–Crippen MR) is 93.9 cm³/mol. The van der Waals surface area contributed by atoms with E-state index in [2.05, 4.69) is 20.9 Å². The van der Waals surface area contributed by atoms with Crippen molar-refractivity contribution in [2.75, 3.05) is 13.1 Å². The topological polar surface area (TPSA) is 70.5 Å². The van der Waals surface area contributed by atoms with E-state index in [-0.39, 0.29) is 18.0 Å². The maximum absolute atomic E-state index is 12.8. The molecule has 0 unspecified atom stereocenters. The normalized spacial score (nSPS) is 24.2. The number of aryl methyl sites for hydroxylation is 1. The number of nitrogens with one attached hydrogen (secondary N) is 1. The number of rotatable bonds is 3. The molecule has 0 bridgehead atoms. The van der Waals surface area contributed by atoms with Gasteiger partial charge in [-0.15, -0.1) is 0 Å². The molecule has 0 saturated carbocycles. The van der Waals surface area contributed by atoms with Crippen molar-refractivity contribution in [1.82, 2.24) is 24.7 Å². The first-order valence-electron chi connectivity index (χ1n) is 8.70. The van der Waals surface area contributed by atoms with E-state index in [1.54, 1.807) is 0 Å². The molecule has 1 aromatic heterocycles. The Hall–Kier alpha value is -2.41. The van der Waals surface area contributed by atoms with Crippen LogP contribution in [0.3, 0.4) is 0 Å². The third-order valence-corrected chi connectivity index (χ3v) is 5.30. The number of likely N-dealkylation sites (tertiary alicyclic amines) is 1. The number of urea groups is 1. The van der Waals surface area contributed by atoms with Crippen molar-refractivity contribution >= 4 is 23.0 Å². The smallest absolute Gasteiger partial charge is 0.325 e. The van der Waals surface area contributed by atoms with Gasteiger partial charge in [0.1, 0.15) is 11.4 Å². The number of benzene rings is 1. The van der Waals surface area contributed by atoms with Crippen LogP contribution in [-0.2, 0) is 18.4 Å². The average molecular weight is 341 g/mol. The van der Waals surface area contributed by atoms with Crippen LogP contribution in [0, 0.1) is 0 Å². The first-order valence-corrected chi connectivity index (χ1v) is 8.70. The number of hydrogen-bond donors (Lipinski definition) is 1. The number of imide groups is 1. The molecule has 7 heteroatoms. The standard InChI is InChI=1S/C18H23N5O2/c1-12(2)23-16(24)18(20-17(23)25)8-9-22(11-18)10-15-19-13-6-4-5-7-14(13)21(15)3/h4-7,12H,8-11H2,1-3H3,(H,20,25)/t18-/m0/s1. The molecule has 1 spiro atoms. The van der Waals surface area contributed by atoms with Crippen LogP contribution < -0.4 is 5.32 Å². The van der Waals surface area contributed by atoms with Crippen molar-refractivity contribution in [2.45, 2.75) is 38.4 Å². The van der Waals surface area contributed by atoms with Crippen LogP contribution >= 0.6 is 0 Å². The third kappa shape index (κ3) is 2.41. The molecule has 3 amide bonds. The van der Waals surface area contributed by atoms with Crippen molar-refractivity contribution in [1.29, 1.82) is 0 Å². The van der Waals surface area contributed by atoms with E-state index in [1.807, 2.05) is 39.1 Å². The summed E-state index contributed by atoms with van der Waals surface area (Å²) >= 11 is 0. The Morgan fingerprint density at radius 1 is 1.28 bits per heavy atom. The lowest BCUT2D eigenvalue weighted by atomic mass is 9.98. The summed E-state index contributed by atoms with van der Waals surface area (Å²) in [5.74, 6) is 0.871. The van der Waals surface area contributed by atoms with E-state index in [1.165, 1.54) is 4.90 Å². The molecule has 25 heavy (non-hydrogen) atoms. The second-order valence-corrected chi connectivity index (χ2v) is 7.32. The van der Waals surface area contributed by atoms with Gasteiger partial charge in [-0.1, -0.05) is 12.1 Å². The largest absolute Gasteiger partial charge is 0.330 e. The molecule has 1 N–H and O–H groups in total. The van der Waals surface area contributed by atoms with Crippen LogP contribution in [0.1, 0.15) is 26.1 Å². The van der Waals surface area contributed by atoms with E-state index in [4.69, 9.17) is 4.98 Å². The lowest BCUT2D eigenvalue weighted by molar-refractivity contribution is -0.132. The maximum Gasteiger partial charge on any atom is 0.325 e. The van der Waals surface area contributed by atoms with Gasteiger partial charge in [0.25, 0.3) is 5.91 Å². The Kier molecular flexibility index (Phi) is 3.57. The quantitative estimate of drug-likeness (QED) is 0.859. The molecular weight excluding hydrogens is 318 g/mol. The summed E-state index contributed by atoms with van der Waals surface area (Å²) in [6.45, 7) is 5.69. The highest BCUT2D eigenvalue weighted by molar-refractivity contribution is 6.07. The summed E-state index contributed by atoms with van der Waals surface area (Å²) in [5, 5.41) is 2.94. The molecule has 7 nitrogen and oxygen atoms in total. The number of para-hydroxylation sites is 2. The Bertz CT molecular complexity index is 858. The Morgan fingerprint density at radius 2 is 2.04 bits per heavy atom. The van der Waals surface area contributed by atoms with Gasteiger partial charge in [-0.05, 0) is 32.4 Å². The number of fused-ring (bicyclic) bond motifs is 1. The predicted octanol–water partition coefficient (Wildman–Crippen LogP) is 1.48. The second kappa shape index (κ2) is 5.56. The van der Waals surface area contributed by atoms with Crippen molar-refractivity contribution < 1.29 is 9.59 Å². The van der Waals surface area contributed by atoms with E-state index in [0.29, 0.717) is 19.5 Å². The number of nitrogens with zero attached hydrogens (tertiary/aromatic N) is 4. The van der Waals surface area contributed by atoms with E-state index < -0.39 is 5.54 Å². The summed E-state index contributed by atoms with van der Waals surface area (Å²) in [4.78, 5) is 33.2. The van der Waals surface area contributed by atoms with Gasteiger partial charge in [0.05, 0.1) is 17.6 Å². The molecule has 3 heterocycles. The molecule has 2 saturated heterocycles. The van der Waals surface area contributed by atoms with Crippen LogP contribution in [0.2, 0.25) is 0 Å². The van der Waals surface area contributed by atoms with Crippen molar-refractivity contribution in [3.63, 3.8) is 0 Å². The molecule has 2 fully saturated rings. The fourth-order valence-corrected chi connectivity index (χ4v) is 3.95. The summed E-state index contributed by atoms with van der Waals surface area (Å²) < 4.78 is 2.09. The van der Waals surface area contributed by atoms with Gasteiger partial charge in [-0.25, -0.2) is 9.78 Å². The Labute approximate surface area is 146 Å². The highest BCUT2D eigenvalue weighted by Gasteiger charge is 2.55. The van der Waals surface area contributed by atoms with Gasteiger partial charge in [0.2, 0.25) is 0 Å². The summed E-state index contributed by atoms with van der Waals surface area (Å²) in [5.41, 5.74) is 1.30. The maximum atomic E-state index is 12.8. The summed E-state index contributed by atoms with van der Waals surface area (Å²) in [6.07, 6.45) is 0.644. The van der Waals surface area contributed by atoms with Crippen molar-refractivity contribution in [3.8, 4) is 0 Å². The highest BCUT2D eigenvalue weighted by atomic mass is 16.2. The minimum absolute atomic E-state index is 0.0972. The van der Waals surface area contributed by atoms with Crippen molar-refractivity contribution in [2.24, 2.45) is 7.05 Å². The lowest BCUT2D eigenvalue weighted by Crippen LogP contribution is -2.49. The van der Waals surface area contributed by atoms with Crippen molar-refractivity contribution in [3.05, 3.63) is 30.1 Å². The van der Waals surface area contributed by atoms with E-state index in [9.17, 15) is 9.59 Å². The average Bonchev–Trinajstić information content (AvgIpc) is 3.18. The number of imidazole rings is 1. The fraction of sp³-hybridized carbons (Fsp3) is 0.500. The highest BCUT2D eigenvalue weighted by Crippen LogP contribution is 2.30. The van der Waals surface area contributed by atoms with Gasteiger partial charge in [0, 0.05) is 26.2 Å². The monoisotopic (exact) mass is 341 g/mol. The van der Waals surface area contributed by atoms with E-state index in [0.717, 1.165) is 23.4 Å². The SMILES string of the molecule is CC(C)N1C(=O)N[C@]2(CCN(Cc3nc4ccccc4n3C)C2)C1=O. The molecule has 4 rings (SSSR count). The van der Waals surface area contributed by atoms with Gasteiger partial charge < -0.3 is 9.88 Å². The molecule has 2 aliphatic rings. The van der Waals surface area contributed by atoms with Crippen LogP contribution in [0.25, 0.3) is 11.0 Å². The summed E-state index contributed by atoms with van der Waals surface area (Å²) in [6, 6.07) is 7.65. The van der Waals surface area contributed by atoms with Crippen LogP contribution in [0.15, 0.2) is 24.3 Å². The van der Waals surface area contributed by atoms with Gasteiger partial charge in [0.15, 0.2) is 0 Å². The van der Waals surface area contributed by atoms with Gasteiger partial charge in [-0.2, -0.15) is 0 Å². The van der Waals surface area contributed by atoms with Gasteiger partial charge >= 0.3 is 6.03 Å². The van der Waals surface area contributed by atoms with Gasteiger partial charge in [-0.3, -0.25) is 14.6 Å². The minimum atomic E-state index is -0.772. The zero-order valence-corrected chi connectivity index (χ0v) is 14.8. The first-order chi connectivity index (χ1) is 11.9. The molecule has 1 atom stereocenters. The third-order valence-electron chi connectivity index (χ3n) is 5.30. The lowest BCUT2D eigenvalue weighted by Gasteiger charge is -2.23. The van der Waals surface area contributed by atoms with Crippen LogP contribution in [-0.4, -0.2) is 56.0 Å². The number of aromatic nitrogens is 2. The Morgan fingerprint density at radius 3 is 2.72 bits per heavy atom. The summed E-state index contributed by atoms with van der Waals surface area (Å²) in [7, 11) is 2.01. The second-order valence-electron chi connectivity index (χ2n) is 7.32. The fourth-order valence-electron chi connectivity index (χ4n) is 3.95. The first kappa shape index (κ1) is 16.1. The molecule has 0 aliphatic carbocycles. The van der Waals surface area contributed by atoms with Crippen LogP contribution in [0.4, 0.5) is 4.79 Å². The minimum Gasteiger partial charge on any atom is -0.330 e. The molecule has 2 aromatic rings. The zero-order chi connectivity index (χ0) is 17.8. The number of hydrogen-bond acceptors (Lipinski definition) is 4. The number of carbonyl (C=O) groups is 2.